The Morgan fingerprint density at radius 3 is 1.77 bits per heavy atom. The fraction of sp³-hybridized carbons (Fsp3) is 0. The zero-order valence-corrected chi connectivity index (χ0v) is 28.0. The summed E-state index contributed by atoms with van der Waals surface area (Å²) in [5.74, 6) is 0.560. The SMILES string of the molecule is c1ccc(-c2cc(-c3ccc(-c4cc5c(-c6ccc7ccccc7c6)nc6ccccc6c5c5ccccc45)cc3)nc(-c3ccccn3)n2)nc1. The number of aromatic nitrogens is 5. The Bertz CT molecular complexity index is 2880. The van der Waals surface area contributed by atoms with Gasteiger partial charge >= 0.3 is 0 Å². The summed E-state index contributed by atoms with van der Waals surface area (Å²) < 4.78 is 0. The zero-order chi connectivity index (χ0) is 34.4. The Balaban J connectivity index is 1.16. The number of benzene rings is 6. The second-order valence-electron chi connectivity index (χ2n) is 12.9. The van der Waals surface area contributed by atoms with Crippen molar-refractivity contribution in [2.75, 3.05) is 0 Å². The molecule has 5 heteroatoms. The molecule has 5 nitrogen and oxygen atoms in total. The minimum atomic E-state index is 0.560. The van der Waals surface area contributed by atoms with Gasteiger partial charge in [-0.2, -0.15) is 0 Å². The van der Waals surface area contributed by atoms with Crippen LogP contribution >= 0.6 is 0 Å². The number of hydrogen-bond donors (Lipinski definition) is 0. The van der Waals surface area contributed by atoms with Gasteiger partial charge in [-0.25, -0.2) is 15.0 Å². The predicted molar refractivity (Wildman–Crippen MR) is 213 cm³/mol. The molecule has 0 fully saturated rings. The molecular weight excluding hydrogens is 635 g/mol. The van der Waals surface area contributed by atoms with Gasteiger partial charge in [0.2, 0.25) is 0 Å². The van der Waals surface area contributed by atoms with E-state index in [4.69, 9.17) is 15.0 Å². The van der Waals surface area contributed by atoms with Crippen LogP contribution in [0.1, 0.15) is 0 Å². The van der Waals surface area contributed by atoms with Crippen molar-refractivity contribution in [2.45, 2.75) is 0 Å². The Morgan fingerprint density at radius 2 is 0.981 bits per heavy atom. The smallest absolute Gasteiger partial charge is 0.179 e. The maximum absolute atomic E-state index is 5.32. The van der Waals surface area contributed by atoms with Gasteiger partial charge in [0.05, 0.1) is 28.3 Å². The largest absolute Gasteiger partial charge is 0.255 e. The molecule has 0 bridgehead atoms. The monoisotopic (exact) mass is 663 g/mol. The van der Waals surface area contributed by atoms with Crippen LogP contribution in [0.25, 0.3) is 99.8 Å². The van der Waals surface area contributed by atoms with E-state index >= 15 is 0 Å². The fourth-order valence-electron chi connectivity index (χ4n) is 7.28. The Kier molecular flexibility index (Phi) is 7.07. The maximum atomic E-state index is 5.32. The average molecular weight is 664 g/mol. The molecule has 0 radical (unpaired) electrons. The van der Waals surface area contributed by atoms with Gasteiger partial charge in [-0.15, -0.1) is 0 Å². The molecule has 6 aromatic carbocycles. The standard InChI is InChI=1S/C47H29N5/c1-2-12-33-27-34(24-19-30(33)11-1)46-39-28-38(35-13-3-4-14-36(35)45(39)37-15-5-6-16-40(37)50-46)31-20-22-32(23-21-31)43-29-44(41-17-7-9-25-48-41)52-47(51-43)42-18-8-10-26-49-42/h1-29H. The van der Waals surface area contributed by atoms with Crippen molar-refractivity contribution in [1.29, 1.82) is 0 Å². The molecule has 10 aromatic rings. The summed E-state index contributed by atoms with van der Waals surface area (Å²) in [5, 5.41) is 8.30. The van der Waals surface area contributed by atoms with E-state index in [1.165, 1.54) is 26.9 Å². The molecule has 0 saturated heterocycles. The topological polar surface area (TPSA) is 64.5 Å². The highest BCUT2D eigenvalue weighted by atomic mass is 14.9. The second kappa shape index (κ2) is 12.3. The first kappa shape index (κ1) is 29.8. The molecule has 4 heterocycles. The van der Waals surface area contributed by atoms with E-state index in [0.29, 0.717) is 11.5 Å². The quantitative estimate of drug-likeness (QED) is 0.171. The lowest BCUT2D eigenvalue weighted by molar-refractivity contribution is 1.13. The van der Waals surface area contributed by atoms with E-state index in [0.717, 1.165) is 61.3 Å². The van der Waals surface area contributed by atoms with Gasteiger partial charge in [0.1, 0.15) is 5.69 Å². The Morgan fingerprint density at radius 1 is 0.346 bits per heavy atom. The molecule has 0 N–H and O–H groups in total. The first-order valence-electron chi connectivity index (χ1n) is 17.3. The number of fused-ring (bicyclic) bond motifs is 6. The number of rotatable bonds is 5. The summed E-state index contributed by atoms with van der Waals surface area (Å²) >= 11 is 0. The minimum Gasteiger partial charge on any atom is -0.255 e. The van der Waals surface area contributed by atoms with Crippen molar-refractivity contribution in [3.05, 3.63) is 176 Å². The van der Waals surface area contributed by atoms with Gasteiger partial charge in [-0.05, 0) is 81.2 Å². The summed E-state index contributed by atoms with van der Waals surface area (Å²) in [7, 11) is 0. The van der Waals surface area contributed by atoms with Gasteiger partial charge < -0.3 is 0 Å². The molecule has 0 atom stereocenters. The highest BCUT2D eigenvalue weighted by molar-refractivity contribution is 6.25. The van der Waals surface area contributed by atoms with Crippen molar-refractivity contribution in [3.63, 3.8) is 0 Å². The molecule has 0 aliphatic heterocycles. The average Bonchev–Trinajstić information content (AvgIpc) is 3.23. The summed E-state index contributed by atoms with van der Waals surface area (Å²) in [6, 6.07) is 57.0. The molecule has 0 aliphatic rings. The normalized spacial score (nSPS) is 11.5. The molecular formula is C47H29N5. The van der Waals surface area contributed by atoms with E-state index in [-0.39, 0.29) is 0 Å². The van der Waals surface area contributed by atoms with Gasteiger partial charge in [0.15, 0.2) is 5.82 Å². The molecule has 0 spiro atoms. The van der Waals surface area contributed by atoms with Crippen LogP contribution in [-0.2, 0) is 0 Å². The number of nitrogens with zero attached hydrogens (tertiary/aromatic N) is 5. The first-order chi connectivity index (χ1) is 25.8. The van der Waals surface area contributed by atoms with Crippen LogP contribution in [0, 0.1) is 0 Å². The highest BCUT2D eigenvalue weighted by Crippen LogP contribution is 2.42. The van der Waals surface area contributed by atoms with Crippen LogP contribution in [0.4, 0.5) is 0 Å². The third-order valence-electron chi connectivity index (χ3n) is 9.77. The summed E-state index contributed by atoms with van der Waals surface area (Å²) in [6.45, 7) is 0. The van der Waals surface area contributed by atoms with Gasteiger partial charge in [-0.3, -0.25) is 9.97 Å². The number of para-hydroxylation sites is 1. The lowest BCUT2D eigenvalue weighted by Gasteiger charge is -2.16. The van der Waals surface area contributed by atoms with Crippen LogP contribution in [-0.4, -0.2) is 24.9 Å². The van der Waals surface area contributed by atoms with Gasteiger partial charge in [0, 0.05) is 39.7 Å². The van der Waals surface area contributed by atoms with Crippen LogP contribution in [0.2, 0.25) is 0 Å². The zero-order valence-electron chi connectivity index (χ0n) is 28.0. The number of hydrogen-bond acceptors (Lipinski definition) is 5. The van der Waals surface area contributed by atoms with Crippen LogP contribution in [0.5, 0.6) is 0 Å². The second-order valence-corrected chi connectivity index (χ2v) is 12.9. The lowest BCUT2D eigenvalue weighted by atomic mass is 9.89. The lowest BCUT2D eigenvalue weighted by Crippen LogP contribution is -1.98. The summed E-state index contributed by atoms with van der Waals surface area (Å²) in [5.41, 5.74) is 9.36. The van der Waals surface area contributed by atoms with Gasteiger partial charge in [0.25, 0.3) is 0 Å². The van der Waals surface area contributed by atoms with Crippen molar-refractivity contribution in [1.82, 2.24) is 24.9 Å². The van der Waals surface area contributed by atoms with Crippen molar-refractivity contribution >= 4 is 43.2 Å². The molecule has 0 amide bonds. The molecule has 4 aromatic heterocycles. The van der Waals surface area contributed by atoms with Gasteiger partial charge in [-0.1, -0.05) is 115 Å². The molecule has 0 aliphatic carbocycles. The number of pyridine rings is 3. The molecule has 0 saturated carbocycles. The first-order valence-corrected chi connectivity index (χ1v) is 17.3. The van der Waals surface area contributed by atoms with E-state index in [1.807, 2.05) is 42.5 Å². The van der Waals surface area contributed by atoms with E-state index in [9.17, 15) is 0 Å². The Hall–Kier alpha value is -7.11. The third-order valence-corrected chi connectivity index (χ3v) is 9.77. The molecule has 10 rings (SSSR count). The summed E-state index contributed by atoms with van der Waals surface area (Å²) in [6.07, 6.45) is 3.54. The van der Waals surface area contributed by atoms with E-state index in [2.05, 4.69) is 131 Å². The van der Waals surface area contributed by atoms with Crippen LogP contribution in [0.3, 0.4) is 0 Å². The minimum absolute atomic E-state index is 0.560. The van der Waals surface area contributed by atoms with Crippen molar-refractivity contribution in [3.8, 4) is 56.5 Å². The molecule has 0 unspecified atom stereocenters. The van der Waals surface area contributed by atoms with Crippen LogP contribution in [0.15, 0.2) is 176 Å². The van der Waals surface area contributed by atoms with Crippen molar-refractivity contribution < 1.29 is 0 Å². The maximum Gasteiger partial charge on any atom is 0.179 e. The fourth-order valence-corrected chi connectivity index (χ4v) is 7.28. The highest BCUT2D eigenvalue weighted by Gasteiger charge is 2.18. The van der Waals surface area contributed by atoms with E-state index < -0.39 is 0 Å². The predicted octanol–water partition coefficient (Wildman–Crippen LogP) is 11.6. The van der Waals surface area contributed by atoms with Crippen molar-refractivity contribution in [2.24, 2.45) is 0 Å². The molecule has 242 valence electrons. The summed E-state index contributed by atoms with van der Waals surface area (Å²) in [4.78, 5) is 24.3. The molecule has 52 heavy (non-hydrogen) atoms. The Labute approximate surface area is 300 Å². The van der Waals surface area contributed by atoms with Crippen LogP contribution < -0.4 is 0 Å². The van der Waals surface area contributed by atoms with E-state index in [1.54, 1.807) is 12.4 Å². The third kappa shape index (κ3) is 5.15.